The molecule has 0 spiro atoms. The van der Waals surface area contributed by atoms with Crippen molar-refractivity contribution in [2.75, 3.05) is 5.32 Å². The number of aromatic carboxylic acids is 1. The van der Waals surface area contributed by atoms with Crippen molar-refractivity contribution in [2.24, 2.45) is 10.1 Å². The summed E-state index contributed by atoms with van der Waals surface area (Å²) < 4.78 is 1.73. The monoisotopic (exact) mass is 457 g/mol. The third-order valence-electron chi connectivity index (χ3n) is 5.76. The van der Waals surface area contributed by atoms with E-state index in [0.29, 0.717) is 28.5 Å². The number of aliphatic imine (C=N–C) groups is 1. The second-order valence-electron chi connectivity index (χ2n) is 8.03. The van der Waals surface area contributed by atoms with Gasteiger partial charge in [-0.05, 0) is 54.6 Å². The highest BCUT2D eigenvalue weighted by atomic mass is 16.4. The summed E-state index contributed by atoms with van der Waals surface area (Å²) in [6.07, 6.45) is 0. The number of para-hydroxylation sites is 3. The molecule has 7 nitrogen and oxygen atoms in total. The van der Waals surface area contributed by atoms with Crippen LogP contribution in [-0.4, -0.2) is 32.2 Å². The smallest absolute Gasteiger partial charge is 0.336 e. The number of rotatable bonds is 5. The molecule has 0 amide bonds. The number of fused-ring (bicyclic) bond motifs is 3. The molecule has 0 saturated heterocycles. The van der Waals surface area contributed by atoms with Gasteiger partial charge in [0.15, 0.2) is 5.82 Å². The molecule has 0 fully saturated rings. The summed E-state index contributed by atoms with van der Waals surface area (Å²) in [5.41, 5.74) is 5.93. The molecule has 1 aliphatic heterocycles. The minimum absolute atomic E-state index is 0.163. The molecular weight excluding hydrogens is 438 g/mol. The number of anilines is 2. The first kappa shape index (κ1) is 20.6. The fourth-order valence-corrected chi connectivity index (χ4v) is 4.12. The number of hydrogen-bond acceptors (Lipinski definition) is 5. The first-order chi connectivity index (χ1) is 17.2. The van der Waals surface area contributed by atoms with Crippen molar-refractivity contribution >= 4 is 45.5 Å². The fraction of sp³-hybridized carbons (Fsp3) is 0. The van der Waals surface area contributed by atoms with E-state index in [0.717, 1.165) is 22.4 Å². The number of carbonyl (C=O) groups is 1. The SMILES string of the molecule is O=C(O)c1ccccc1C1=Nn2c(nc3ccccc32)C1=Nc1ccc(Nc2ccccc2)cc1. The van der Waals surface area contributed by atoms with Crippen LogP contribution in [0, 0.1) is 0 Å². The summed E-state index contributed by atoms with van der Waals surface area (Å²) in [6, 6.07) is 32.2. The molecule has 7 heteroatoms. The topological polar surface area (TPSA) is 91.9 Å². The van der Waals surface area contributed by atoms with E-state index in [-0.39, 0.29) is 5.56 Å². The molecule has 5 aromatic rings. The number of aromatic nitrogens is 2. The van der Waals surface area contributed by atoms with Gasteiger partial charge in [0.05, 0.1) is 22.3 Å². The third-order valence-corrected chi connectivity index (χ3v) is 5.76. The summed E-state index contributed by atoms with van der Waals surface area (Å²) in [5, 5.41) is 17.9. The maximum atomic E-state index is 11.9. The molecule has 1 aliphatic rings. The molecular formula is C28H19N5O2. The van der Waals surface area contributed by atoms with Crippen molar-refractivity contribution < 1.29 is 9.90 Å². The molecule has 0 saturated carbocycles. The minimum atomic E-state index is -1.02. The first-order valence-corrected chi connectivity index (χ1v) is 11.1. The van der Waals surface area contributed by atoms with Gasteiger partial charge in [0.25, 0.3) is 0 Å². The summed E-state index contributed by atoms with van der Waals surface area (Å²) in [6.45, 7) is 0. The Morgan fingerprint density at radius 3 is 2.29 bits per heavy atom. The molecule has 0 unspecified atom stereocenters. The molecule has 0 aliphatic carbocycles. The molecule has 2 heterocycles. The molecule has 35 heavy (non-hydrogen) atoms. The van der Waals surface area contributed by atoms with Crippen LogP contribution >= 0.6 is 0 Å². The Bertz CT molecular complexity index is 1630. The highest BCUT2D eigenvalue weighted by Crippen LogP contribution is 2.28. The predicted octanol–water partition coefficient (Wildman–Crippen LogP) is 5.86. The highest BCUT2D eigenvalue weighted by molar-refractivity contribution is 6.55. The Morgan fingerprint density at radius 1 is 0.800 bits per heavy atom. The van der Waals surface area contributed by atoms with E-state index >= 15 is 0 Å². The lowest BCUT2D eigenvalue weighted by Crippen LogP contribution is -2.17. The first-order valence-electron chi connectivity index (χ1n) is 11.1. The molecule has 168 valence electrons. The van der Waals surface area contributed by atoms with Gasteiger partial charge in [0.2, 0.25) is 0 Å². The molecule has 0 radical (unpaired) electrons. The Labute approximate surface area is 200 Å². The summed E-state index contributed by atoms with van der Waals surface area (Å²) >= 11 is 0. The summed E-state index contributed by atoms with van der Waals surface area (Å²) in [4.78, 5) is 21.6. The van der Waals surface area contributed by atoms with E-state index in [1.54, 1.807) is 28.9 Å². The lowest BCUT2D eigenvalue weighted by atomic mass is 10.00. The standard InChI is InChI=1S/C28H19N5O2/c34-28(35)22-11-5-4-10-21(22)25-26(27-31-23-12-6-7-13-24(23)33(27)32-25)30-20-16-14-19(15-17-20)29-18-8-2-1-3-9-18/h1-17,29H,(H,34,35). The number of nitrogens with one attached hydrogen (secondary N) is 1. The zero-order valence-electron chi connectivity index (χ0n) is 18.5. The van der Waals surface area contributed by atoms with Gasteiger partial charge in [0.1, 0.15) is 11.4 Å². The van der Waals surface area contributed by atoms with E-state index in [1.807, 2.05) is 78.9 Å². The fourth-order valence-electron chi connectivity index (χ4n) is 4.12. The van der Waals surface area contributed by atoms with Crippen molar-refractivity contribution in [3.63, 3.8) is 0 Å². The summed E-state index contributed by atoms with van der Waals surface area (Å²) in [7, 11) is 0. The van der Waals surface area contributed by atoms with Gasteiger partial charge in [-0.25, -0.2) is 19.4 Å². The number of nitrogens with zero attached hydrogens (tertiary/aromatic N) is 4. The van der Waals surface area contributed by atoms with Crippen LogP contribution in [0.15, 0.2) is 113 Å². The molecule has 0 bridgehead atoms. The van der Waals surface area contributed by atoms with Crippen LogP contribution in [0.25, 0.3) is 11.0 Å². The van der Waals surface area contributed by atoms with Gasteiger partial charge >= 0.3 is 5.97 Å². The minimum Gasteiger partial charge on any atom is -0.478 e. The number of imidazole rings is 1. The van der Waals surface area contributed by atoms with Crippen LogP contribution in [0.5, 0.6) is 0 Å². The van der Waals surface area contributed by atoms with Crippen LogP contribution in [0.3, 0.4) is 0 Å². The van der Waals surface area contributed by atoms with Gasteiger partial charge in [-0.2, -0.15) is 5.10 Å². The van der Waals surface area contributed by atoms with E-state index in [1.165, 1.54) is 0 Å². The highest BCUT2D eigenvalue weighted by Gasteiger charge is 2.30. The van der Waals surface area contributed by atoms with Crippen molar-refractivity contribution in [1.82, 2.24) is 9.66 Å². The average molecular weight is 457 g/mol. The van der Waals surface area contributed by atoms with Crippen molar-refractivity contribution in [1.29, 1.82) is 0 Å². The number of hydrogen-bond donors (Lipinski definition) is 2. The van der Waals surface area contributed by atoms with E-state index < -0.39 is 5.97 Å². The van der Waals surface area contributed by atoms with Crippen LogP contribution < -0.4 is 5.32 Å². The van der Waals surface area contributed by atoms with Gasteiger partial charge < -0.3 is 10.4 Å². The van der Waals surface area contributed by atoms with E-state index in [2.05, 4.69) is 5.32 Å². The molecule has 4 aromatic carbocycles. The van der Waals surface area contributed by atoms with Crippen LogP contribution in [0.2, 0.25) is 0 Å². The molecule has 6 rings (SSSR count). The lowest BCUT2D eigenvalue weighted by molar-refractivity contribution is 0.0696. The quantitative estimate of drug-likeness (QED) is 0.346. The van der Waals surface area contributed by atoms with E-state index in [4.69, 9.17) is 15.1 Å². The Morgan fingerprint density at radius 2 is 1.49 bits per heavy atom. The zero-order valence-corrected chi connectivity index (χ0v) is 18.5. The Kier molecular flexibility index (Phi) is 4.93. The Hall–Kier alpha value is -5.04. The normalized spacial score (nSPS) is 13.6. The van der Waals surface area contributed by atoms with Crippen LogP contribution in [0.1, 0.15) is 21.7 Å². The van der Waals surface area contributed by atoms with Crippen molar-refractivity contribution in [2.45, 2.75) is 0 Å². The van der Waals surface area contributed by atoms with E-state index in [9.17, 15) is 9.90 Å². The predicted molar refractivity (Wildman–Crippen MR) is 137 cm³/mol. The second-order valence-corrected chi connectivity index (χ2v) is 8.03. The third kappa shape index (κ3) is 3.75. The lowest BCUT2D eigenvalue weighted by Gasteiger charge is -2.08. The maximum Gasteiger partial charge on any atom is 0.336 e. The molecule has 1 aromatic heterocycles. The number of benzene rings is 4. The second kappa shape index (κ2) is 8.39. The van der Waals surface area contributed by atoms with Crippen LogP contribution in [-0.2, 0) is 0 Å². The van der Waals surface area contributed by atoms with Crippen molar-refractivity contribution in [3.8, 4) is 0 Å². The zero-order chi connectivity index (χ0) is 23.8. The number of carboxylic acid groups (broad SMARTS) is 1. The van der Waals surface area contributed by atoms with Crippen LogP contribution in [0.4, 0.5) is 17.1 Å². The van der Waals surface area contributed by atoms with Gasteiger partial charge in [-0.3, -0.25) is 0 Å². The Balaban J connectivity index is 1.45. The van der Waals surface area contributed by atoms with Gasteiger partial charge in [-0.1, -0.05) is 48.5 Å². The molecule has 2 N–H and O–H groups in total. The van der Waals surface area contributed by atoms with Gasteiger partial charge in [-0.15, -0.1) is 0 Å². The summed E-state index contributed by atoms with van der Waals surface area (Å²) in [5.74, 6) is -0.443. The largest absolute Gasteiger partial charge is 0.478 e. The van der Waals surface area contributed by atoms with Gasteiger partial charge in [0, 0.05) is 16.9 Å². The van der Waals surface area contributed by atoms with Crippen molar-refractivity contribution in [3.05, 3.63) is 120 Å². The molecule has 0 atom stereocenters. The average Bonchev–Trinajstić information content (AvgIpc) is 3.42. The number of carboxylic acids is 1. The maximum absolute atomic E-state index is 11.9.